The van der Waals surface area contributed by atoms with Gasteiger partial charge in [-0.2, -0.15) is 0 Å². The summed E-state index contributed by atoms with van der Waals surface area (Å²) < 4.78 is 0. The van der Waals surface area contributed by atoms with E-state index in [-0.39, 0.29) is 34.4 Å². The molecule has 0 aliphatic carbocycles. The molecular formula is C13H16ClN3O4. The van der Waals surface area contributed by atoms with Gasteiger partial charge in [0.25, 0.3) is 11.6 Å². The van der Waals surface area contributed by atoms with Gasteiger partial charge in [-0.25, -0.2) is 0 Å². The predicted octanol–water partition coefficient (Wildman–Crippen LogP) is 1.89. The van der Waals surface area contributed by atoms with Crippen LogP contribution in [-0.4, -0.2) is 46.6 Å². The first kappa shape index (κ1) is 15.5. The highest BCUT2D eigenvalue weighted by atomic mass is 35.5. The standard InChI is InChI=1S/C13H16ClN3O4/c1-2-15-12-10(14)5-8(6-11(12)17(20)21)13(19)16-4-3-9(18)7-16/h5-6,9,15,18H,2-4,7H2,1H3. The van der Waals surface area contributed by atoms with E-state index in [1.165, 1.54) is 17.0 Å². The van der Waals surface area contributed by atoms with E-state index in [0.29, 0.717) is 19.5 Å². The Labute approximate surface area is 126 Å². The summed E-state index contributed by atoms with van der Waals surface area (Å²) in [5, 5.41) is 23.6. The summed E-state index contributed by atoms with van der Waals surface area (Å²) in [6.07, 6.45) is -0.0303. The lowest BCUT2D eigenvalue weighted by molar-refractivity contribution is -0.384. The summed E-state index contributed by atoms with van der Waals surface area (Å²) in [6, 6.07) is 2.64. The van der Waals surface area contributed by atoms with Gasteiger partial charge >= 0.3 is 0 Å². The summed E-state index contributed by atoms with van der Waals surface area (Å²) in [7, 11) is 0. The quantitative estimate of drug-likeness (QED) is 0.653. The van der Waals surface area contributed by atoms with Crippen LogP contribution in [0.2, 0.25) is 5.02 Å². The first-order valence-corrected chi connectivity index (χ1v) is 7.01. The Balaban J connectivity index is 2.37. The molecule has 1 amide bonds. The number of carbonyl (C=O) groups excluding carboxylic acids is 1. The summed E-state index contributed by atoms with van der Waals surface area (Å²) in [5.74, 6) is -0.361. The van der Waals surface area contributed by atoms with Gasteiger partial charge in [-0.15, -0.1) is 0 Å². The Morgan fingerprint density at radius 1 is 1.62 bits per heavy atom. The van der Waals surface area contributed by atoms with Crippen LogP contribution in [0.5, 0.6) is 0 Å². The molecule has 21 heavy (non-hydrogen) atoms. The van der Waals surface area contributed by atoms with Crippen molar-refractivity contribution in [3.63, 3.8) is 0 Å². The minimum Gasteiger partial charge on any atom is -0.391 e. The molecule has 1 atom stereocenters. The van der Waals surface area contributed by atoms with Gasteiger partial charge in [-0.3, -0.25) is 14.9 Å². The number of hydrogen-bond acceptors (Lipinski definition) is 5. The van der Waals surface area contributed by atoms with Crippen LogP contribution in [0.15, 0.2) is 12.1 Å². The molecule has 1 aliphatic heterocycles. The SMILES string of the molecule is CCNc1c(Cl)cc(C(=O)N2CCC(O)C2)cc1[N+](=O)[O-]. The van der Waals surface area contributed by atoms with Crippen LogP contribution in [0.1, 0.15) is 23.7 Å². The first-order valence-electron chi connectivity index (χ1n) is 6.63. The number of nitrogens with zero attached hydrogens (tertiary/aromatic N) is 2. The monoisotopic (exact) mass is 313 g/mol. The molecule has 8 heteroatoms. The Morgan fingerprint density at radius 3 is 2.86 bits per heavy atom. The fourth-order valence-corrected chi connectivity index (χ4v) is 2.60. The van der Waals surface area contributed by atoms with Crippen molar-refractivity contribution in [3.8, 4) is 0 Å². The van der Waals surface area contributed by atoms with Crippen molar-refractivity contribution >= 4 is 28.9 Å². The molecule has 0 spiro atoms. The largest absolute Gasteiger partial charge is 0.391 e. The van der Waals surface area contributed by atoms with Crippen molar-refractivity contribution in [2.45, 2.75) is 19.4 Å². The third-order valence-electron chi connectivity index (χ3n) is 3.32. The van der Waals surface area contributed by atoms with Crippen LogP contribution in [0.4, 0.5) is 11.4 Å². The lowest BCUT2D eigenvalue weighted by atomic mass is 10.1. The highest BCUT2D eigenvalue weighted by Crippen LogP contribution is 2.34. The molecule has 2 N–H and O–H groups in total. The summed E-state index contributed by atoms with van der Waals surface area (Å²) in [4.78, 5) is 24.3. The van der Waals surface area contributed by atoms with E-state index >= 15 is 0 Å². The Morgan fingerprint density at radius 2 is 2.33 bits per heavy atom. The summed E-state index contributed by atoms with van der Waals surface area (Å²) in [6.45, 7) is 2.94. The molecule has 2 rings (SSSR count). The number of halogens is 1. The van der Waals surface area contributed by atoms with Gasteiger partial charge in [0.1, 0.15) is 5.69 Å². The number of β-amino-alcohol motifs (C(OH)–C–C–N with tert-alkyl or cyclic N) is 1. The highest BCUT2D eigenvalue weighted by molar-refractivity contribution is 6.34. The summed E-state index contributed by atoms with van der Waals surface area (Å²) >= 11 is 6.05. The van der Waals surface area contributed by atoms with Crippen molar-refractivity contribution in [2.75, 3.05) is 25.0 Å². The molecule has 0 bridgehead atoms. The summed E-state index contributed by atoms with van der Waals surface area (Å²) in [5.41, 5.74) is 0.136. The van der Waals surface area contributed by atoms with Crippen LogP contribution in [0.3, 0.4) is 0 Å². The molecule has 0 aromatic heterocycles. The van der Waals surface area contributed by atoms with E-state index in [0.717, 1.165) is 0 Å². The number of nitro groups is 1. The molecule has 7 nitrogen and oxygen atoms in total. The Hall–Kier alpha value is -1.86. The number of carbonyl (C=O) groups is 1. The number of anilines is 1. The molecule has 1 aromatic carbocycles. The van der Waals surface area contributed by atoms with Crippen molar-refractivity contribution in [2.24, 2.45) is 0 Å². The molecular weight excluding hydrogens is 298 g/mol. The van der Waals surface area contributed by atoms with E-state index in [9.17, 15) is 20.0 Å². The molecule has 0 saturated carbocycles. The number of benzene rings is 1. The fraction of sp³-hybridized carbons (Fsp3) is 0.462. The molecule has 0 radical (unpaired) electrons. The van der Waals surface area contributed by atoms with Crippen LogP contribution < -0.4 is 5.32 Å². The molecule has 1 heterocycles. The number of amides is 1. The Bertz CT molecular complexity index is 579. The molecule has 1 saturated heterocycles. The third-order valence-corrected chi connectivity index (χ3v) is 3.62. The lowest BCUT2D eigenvalue weighted by Crippen LogP contribution is -2.29. The number of likely N-dealkylation sites (tertiary alicyclic amines) is 1. The highest BCUT2D eigenvalue weighted by Gasteiger charge is 2.28. The average Bonchev–Trinajstić information content (AvgIpc) is 2.86. The van der Waals surface area contributed by atoms with Gasteiger partial charge in [-0.05, 0) is 19.4 Å². The molecule has 1 aliphatic rings. The van der Waals surface area contributed by atoms with Crippen molar-refractivity contribution in [1.82, 2.24) is 4.90 Å². The number of nitro benzene ring substituents is 1. The van der Waals surface area contributed by atoms with Crippen molar-refractivity contribution in [1.29, 1.82) is 0 Å². The zero-order valence-corrected chi connectivity index (χ0v) is 12.3. The second-order valence-corrected chi connectivity index (χ2v) is 5.24. The molecule has 1 aromatic rings. The minimum atomic E-state index is -0.570. The second kappa shape index (κ2) is 6.28. The number of hydrogen-bond donors (Lipinski definition) is 2. The minimum absolute atomic E-state index is 0.133. The van der Waals surface area contributed by atoms with Crippen LogP contribution in [0.25, 0.3) is 0 Å². The van der Waals surface area contributed by atoms with E-state index < -0.39 is 11.0 Å². The topological polar surface area (TPSA) is 95.7 Å². The van der Waals surface area contributed by atoms with Crippen LogP contribution in [-0.2, 0) is 0 Å². The van der Waals surface area contributed by atoms with Crippen molar-refractivity contribution in [3.05, 3.63) is 32.8 Å². The lowest BCUT2D eigenvalue weighted by Gasteiger charge is -2.16. The van der Waals surface area contributed by atoms with E-state index in [4.69, 9.17) is 11.6 Å². The van der Waals surface area contributed by atoms with Gasteiger partial charge in [0.15, 0.2) is 0 Å². The molecule has 1 fully saturated rings. The van der Waals surface area contributed by atoms with Gasteiger partial charge in [-0.1, -0.05) is 11.6 Å². The number of aliphatic hydroxyl groups excluding tert-OH is 1. The zero-order valence-electron chi connectivity index (χ0n) is 11.5. The Kier molecular flexibility index (Phi) is 4.64. The van der Waals surface area contributed by atoms with Crippen LogP contribution >= 0.6 is 11.6 Å². The van der Waals surface area contributed by atoms with Crippen molar-refractivity contribution < 1.29 is 14.8 Å². The van der Waals surface area contributed by atoms with Gasteiger partial charge < -0.3 is 15.3 Å². The average molecular weight is 314 g/mol. The van der Waals surface area contributed by atoms with E-state index in [1.807, 2.05) is 0 Å². The number of nitrogens with one attached hydrogen (secondary N) is 1. The molecule has 114 valence electrons. The number of rotatable bonds is 4. The van der Waals surface area contributed by atoms with Crippen LogP contribution in [0, 0.1) is 10.1 Å². The maximum atomic E-state index is 12.3. The second-order valence-electron chi connectivity index (χ2n) is 4.83. The van der Waals surface area contributed by atoms with Gasteiger partial charge in [0.2, 0.25) is 0 Å². The maximum absolute atomic E-state index is 12.3. The normalized spacial score (nSPS) is 17.9. The number of aliphatic hydroxyl groups is 1. The zero-order chi connectivity index (χ0) is 15.6. The predicted molar refractivity (Wildman–Crippen MR) is 78.8 cm³/mol. The van der Waals surface area contributed by atoms with Gasteiger partial charge in [0, 0.05) is 31.3 Å². The van der Waals surface area contributed by atoms with E-state index in [2.05, 4.69) is 5.32 Å². The first-order chi connectivity index (χ1) is 9.93. The maximum Gasteiger partial charge on any atom is 0.294 e. The smallest absolute Gasteiger partial charge is 0.294 e. The third kappa shape index (κ3) is 3.25. The molecule has 1 unspecified atom stereocenters. The van der Waals surface area contributed by atoms with E-state index in [1.54, 1.807) is 6.92 Å². The fourth-order valence-electron chi connectivity index (χ4n) is 2.32. The van der Waals surface area contributed by atoms with Gasteiger partial charge in [0.05, 0.1) is 16.0 Å².